The van der Waals surface area contributed by atoms with Crippen LogP contribution in [0, 0.1) is 0 Å². The van der Waals surface area contributed by atoms with E-state index in [1.54, 1.807) is 0 Å². The van der Waals surface area contributed by atoms with Gasteiger partial charge in [-0.05, 0) is 34.4 Å². The Labute approximate surface area is 86.1 Å². The predicted octanol–water partition coefficient (Wildman–Crippen LogP) is 1.41. The third-order valence-electron chi connectivity index (χ3n) is 2.32. The van der Waals surface area contributed by atoms with Crippen molar-refractivity contribution in [3.8, 4) is 0 Å². The van der Waals surface area contributed by atoms with Gasteiger partial charge in [-0.3, -0.25) is 4.90 Å². The topological polar surface area (TPSA) is 30.9 Å². The summed E-state index contributed by atoms with van der Waals surface area (Å²) < 4.78 is 16.9. The first-order valence-corrected chi connectivity index (χ1v) is 5.25. The molecule has 1 aliphatic heterocycles. The molecule has 0 amide bonds. The minimum atomic E-state index is -0.793. The van der Waals surface area contributed by atoms with E-state index in [2.05, 4.69) is 0 Å². The summed E-state index contributed by atoms with van der Waals surface area (Å²) in [5.74, 6) is -0.793. The minimum absolute atomic E-state index is 0.105. The smallest absolute Gasteiger partial charge is 0.284 e. The summed E-state index contributed by atoms with van der Waals surface area (Å²) in [5.41, 5.74) is 0. The molecular weight excluding hydrogens is 182 g/mol. The fourth-order valence-electron chi connectivity index (χ4n) is 1.68. The molecule has 4 heteroatoms. The molecule has 1 atom stereocenters. The van der Waals surface area contributed by atoms with Gasteiger partial charge in [-0.25, -0.2) is 0 Å². The highest BCUT2D eigenvalue weighted by Gasteiger charge is 2.42. The average molecular weight is 203 g/mol. The van der Waals surface area contributed by atoms with Crippen LogP contribution in [-0.4, -0.2) is 44.4 Å². The first kappa shape index (κ1) is 11.9. The highest BCUT2D eigenvalue weighted by atomic mass is 16.9. The number of rotatable bonds is 5. The molecule has 0 saturated carbocycles. The molecule has 4 nitrogen and oxygen atoms in total. The van der Waals surface area contributed by atoms with Crippen LogP contribution >= 0.6 is 0 Å². The van der Waals surface area contributed by atoms with E-state index in [0.29, 0.717) is 13.2 Å². The van der Waals surface area contributed by atoms with Gasteiger partial charge in [-0.2, -0.15) is 0 Å². The summed E-state index contributed by atoms with van der Waals surface area (Å²) in [6.45, 7) is 5.13. The van der Waals surface area contributed by atoms with E-state index in [4.69, 9.17) is 14.2 Å². The number of hydrogen-bond acceptors (Lipinski definition) is 4. The Kier molecular flexibility index (Phi) is 4.31. The lowest BCUT2D eigenvalue weighted by atomic mass is 10.3. The van der Waals surface area contributed by atoms with Gasteiger partial charge in [0.15, 0.2) is 0 Å². The van der Waals surface area contributed by atoms with Gasteiger partial charge in [-0.1, -0.05) is 0 Å². The van der Waals surface area contributed by atoms with Crippen LogP contribution in [0.1, 0.15) is 26.7 Å². The molecule has 1 rings (SSSR count). The van der Waals surface area contributed by atoms with Gasteiger partial charge in [0.2, 0.25) is 0 Å². The fraction of sp³-hybridized carbons (Fsp3) is 1.00. The molecule has 0 aromatic heterocycles. The molecule has 1 fully saturated rings. The van der Waals surface area contributed by atoms with Crippen LogP contribution in [0.4, 0.5) is 0 Å². The van der Waals surface area contributed by atoms with E-state index in [1.165, 1.54) is 0 Å². The van der Waals surface area contributed by atoms with E-state index < -0.39 is 5.97 Å². The van der Waals surface area contributed by atoms with Gasteiger partial charge >= 0.3 is 0 Å². The quantitative estimate of drug-likeness (QED) is 0.632. The first-order valence-electron chi connectivity index (χ1n) is 5.25. The monoisotopic (exact) mass is 203 g/mol. The van der Waals surface area contributed by atoms with Crippen molar-refractivity contribution in [2.45, 2.75) is 38.9 Å². The Morgan fingerprint density at radius 1 is 1.29 bits per heavy atom. The molecule has 14 heavy (non-hydrogen) atoms. The number of nitrogens with zero attached hydrogens (tertiary/aromatic N) is 1. The molecule has 0 aromatic carbocycles. The summed E-state index contributed by atoms with van der Waals surface area (Å²) in [4.78, 5) is 2.04. The minimum Gasteiger partial charge on any atom is -0.328 e. The van der Waals surface area contributed by atoms with Crippen LogP contribution in [0.2, 0.25) is 0 Å². The summed E-state index contributed by atoms with van der Waals surface area (Å²) in [7, 11) is 4.00. The fourth-order valence-corrected chi connectivity index (χ4v) is 1.68. The Hall–Kier alpha value is -0.160. The zero-order valence-corrected chi connectivity index (χ0v) is 9.58. The lowest BCUT2D eigenvalue weighted by molar-refractivity contribution is -0.375. The predicted molar refractivity (Wildman–Crippen MR) is 53.8 cm³/mol. The van der Waals surface area contributed by atoms with E-state index in [9.17, 15) is 0 Å². The maximum absolute atomic E-state index is 5.77. The number of ether oxygens (including phenoxy) is 3. The van der Waals surface area contributed by atoms with Crippen LogP contribution in [0.3, 0.4) is 0 Å². The zero-order chi connectivity index (χ0) is 10.6. The standard InChI is InChI=1S/C10H21NO3/c1-5-12-10(13-6-2)8-7-9(14-10)11(3)4/h9H,5-8H2,1-4H3. The summed E-state index contributed by atoms with van der Waals surface area (Å²) in [5, 5.41) is 0. The highest BCUT2D eigenvalue weighted by Crippen LogP contribution is 2.33. The highest BCUT2D eigenvalue weighted by molar-refractivity contribution is 4.72. The average Bonchev–Trinajstić information content (AvgIpc) is 2.51. The zero-order valence-electron chi connectivity index (χ0n) is 9.58. The SMILES string of the molecule is CCOC1(OCC)CCC(N(C)C)O1. The van der Waals surface area contributed by atoms with Crippen molar-refractivity contribution in [1.82, 2.24) is 4.90 Å². The van der Waals surface area contributed by atoms with Crippen molar-refractivity contribution in [2.24, 2.45) is 0 Å². The van der Waals surface area contributed by atoms with Crippen LogP contribution in [-0.2, 0) is 14.2 Å². The van der Waals surface area contributed by atoms with E-state index in [1.807, 2.05) is 32.8 Å². The van der Waals surface area contributed by atoms with Crippen LogP contribution < -0.4 is 0 Å². The van der Waals surface area contributed by atoms with Gasteiger partial charge in [0.05, 0.1) is 0 Å². The molecule has 1 unspecified atom stereocenters. The van der Waals surface area contributed by atoms with Gasteiger partial charge in [-0.15, -0.1) is 0 Å². The Morgan fingerprint density at radius 2 is 1.86 bits per heavy atom. The van der Waals surface area contributed by atoms with Crippen molar-refractivity contribution >= 4 is 0 Å². The maximum Gasteiger partial charge on any atom is 0.284 e. The lowest BCUT2D eigenvalue weighted by Gasteiger charge is -2.29. The normalized spacial score (nSPS) is 25.9. The molecule has 0 bridgehead atoms. The Balaban J connectivity index is 2.54. The summed E-state index contributed by atoms with van der Waals surface area (Å²) in [6, 6.07) is 0. The molecule has 0 aliphatic carbocycles. The first-order chi connectivity index (χ1) is 6.63. The molecule has 0 radical (unpaired) electrons. The molecule has 1 aliphatic rings. The van der Waals surface area contributed by atoms with Crippen LogP contribution in [0.5, 0.6) is 0 Å². The summed E-state index contributed by atoms with van der Waals surface area (Å²) >= 11 is 0. The van der Waals surface area contributed by atoms with Crippen LogP contribution in [0.25, 0.3) is 0 Å². The van der Waals surface area contributed by atoms with Gasteiger partial charge in [0, 0.05) is 19.6 Å². The second kappa shape index (κ2) is 5.07. The molecular formula is C10H21NO3. The molecule has 0 aromatic rings. The van der Waals surface area contributed by atoms with Crippen molar-refractivity contribution in [1.29, 1.82) is 0 Å². The van der Waals surface area contributed by atoms with Crippen molar-refractivity contribution < 1.29 is 14.2 Å². The van der Waals surface area contributed by atoms with Crippen molar-refractivity contribution in [3.05, 3.63) is 0 Å². The third-order valence-corrected chi connectivity index (χ3v) is 2.32. The van der Waals surface area contributed by atoms with Gasteiger partial charge in [0.25, 0.3) is 5.97 Å². The molecule has 1 saturated heterocycles. The van der Waals surface area contributed by atoms with Gasteiger partial charge in [0.1, 0.15) is 6.23 Å². The van der Waals surface area contributed by atoms with Crippen LogP contribution in [0.15, 0.2) is 0 Å². The molecule has 84 valence electrons. The Bertz CT molecular complexity index is 167. The Morgan fingerprint density at radius 3 is 2.21 bits per heavy atom. The molecule has 0 spiro atoms. The van der Waals surface area contributed by atoms with E-state index >= 15 is 0 Å². The largest absolute Gasteiger partial charge is 0.328 e. The van der Waals surface area contributed by atoms with E-state index in [-0.39, 0.29) is 6.23 Å². The second-order valence-corrected chi connectivity index (χ2v) is 3.62. The van der Waals surface area contributed by atoms with Crippen molar-refractivity contribution in [2.75, 3.05) is 27.3 Å². The second-order valence-electron chi connectivity index (χ2n) is 3.62. The molecule has 1 heterocycles. The lowest BCUT2D eigenvalue weighted by Crippen LogP contribution is -2.39. The summed E-state index contributed by atoms with van der Waals surface area (Å²) in [6.07, 6.45) is 1.86. The van der Waals surface area contributed by atoms with Crippen molar-refractivity contribution in [3.63, 3.8) is 0 Å². The number of hydrogen-bond donors (Lipinski definition) is 0. The molecule has 0 N–H and O–H groups in total. The van der Waals surface area contributed by atoms with E-state index in [0.717, 1.165) is 12.8 Å². The van der Waals surface area contributed by atoms with Gasteiger partial charge < -0.3 is 14.2 Å². The third kappa shape index (κ3) is 2.67. The maximum atomic E-state index is 5.77.